The number of aromatic nitrogens is 1. The summed E-state index contributed by atoms with van der Waals surface area (Å²) in [5, 5.41) is 3.20. The number of hydrogen-bond donors (Lipinski definition) is 2. The quantitative estimate of drug-likeness (QED) is 0.591. The van der Waals surface area contributed by atoms with Gasteiger partial charge in [0.15, 0.2) is 5.96 Å². The zero-order valence-electron chi connectivity index (χ0n) is 22.2. The molecule has 3 atom stereocenters. The second-order valence-electron chi connectivity index (χ2n) is 11.3. The number of benzene rings is 1. The first-order valence-corrected chi connectivity index (χ1v) is 13.4. The molecule has 0 saturated carbocycles. The van der Waals surface area contributed by atoms with Gasteiger partial charge in [-0.25, -0.2) is 9.98 Å². The monoisotopic (exact) mass is 503 g/mol. The number of nitrogens with zero attached hydrogens (tertiary/aromatic N) is 3. The third kappa shape index (κ3) is 4.93. The predicted octanol–water partition coefficient (Wildman–Crippen LogP) is 4.60. The summed E-state index contributed by atoms with van der Waals surface area (Å²) in [4.78, 5) is 37.8. The van der Waals surface area contributed by atoms with E-state index in [9.17, 15) is 9.59 Å². The molecular formula is C29H37N5O3. The van der Waals surface area contributed by atoms with Crippen molar-refractivity contribution in [1.29, 1.82) is 0 Å². The first kappa shape index (κ1) is 25.2. The minimum absolute atomic E-state index is 0.0516. The molecule has 0 radical (unpaired) electrons. The number of pyridine rings is 1. The number of carbonyl (C=O) groups is 2. The van der Waals surface area contributed by atoms with Gasteiger partial charge in [0.1, 0.15) is 17.0 Å². The molecule has 0 spiro atoms. The van der Waals surface area contributed by atoms with Crippen LogP contribution < -0.4 is 15.8 Å². The summed E-state index contributed by atoms with van der Waals surface area (Å²) in [6, 6.07) is 11.0. The molecule has 8 heteroatoms. The number of amides is 2. The van der Waals surface area contributed by atoms with E-state index in [0.29, 0.717) is 24.2 Å². The average molecular weight is 504 g/mol. The Hall–Kier alpha value is -3.42. The molecular weight excluding hydrogens is 466 g/mol. The fourth-order valence-corrected chi connectivity index (χ4v) is 5.92. The highest BCUT2D eigenvalue weighted by Crippen LogP contribution is 2.41. The SMILES string of the molecule is CC[C@@]12CCCCc3ccc4c(c3)[C@H](CC(C)(C)O4)NC(=O)c3cccc(n3)[C@@H](C)N(C(=O)C1)C(N)=N2. The average Bonchev–Trinajstić information content (AvgIpc) is 2.85. The number of carbonyl (C=O) groups excluding carboxylic acids is 2. The number of aliphatic imine (C=N–C) groups is 1. The Kier molecular flexibility index (Phi) is 6.46. The molecule has 2 amide bonds. The van der Waals surface area contributed by atoms with E-state index < -0.39 is 17.2 Å². The molecule has 3 N–H and O–H groups in total. The molecule has 0 fully saturated rings. The zero-order chi connectivity index (χ0) is 26.4. The van der Waals surface area contributed by atoms with Crippen molar-refractivity contribution in [3.05, 3.63) is 58.9 Å². The van der Waals surface area contributed by atoms with Crippen LogP contribution in [0.25, 0.3) is 0 Å². The molecule has 6 rings (SSSR count). The van der Waals surface area contributed by atoms with Crippen LogP contribution in [0.1, 0.15) is 106 Å². The lowest BCUT2D eigenvalue weighted by Gasteiger charge is -2.39. The largest absolute Gasteiger partial charge is 0.487 e. The van der Waals surface area contributed by atoms with Crippen LogP contribution in [0.5, 0.6) is 5.75 Å². The van der Waals surface area contributed by atoms with Crippen molar-refractivity contribution in [2.24, 2.45) is 10.7 Å². The number of aryl methyl sites for hydroxylation is 1. The number of hydrogen-bond acceptors (Lipinski definition) is 6. The summed E-state index contributed by atoms with van der Waals surface area (Å²) in [7, 11) is 0. The van der Waals surface area contributed by atoms with Gasteiger partial charge >= 0.3 is 0 Å². The molecule has 37 heavy (non-hydrogen) atoms. The van der Waals surface area contributed by atoms with Crippen molar-refractivity contribution in [2.45, 2.75) is 95.9 Å². The van der Waals surface area contributed by atoms with Crippen LogP contribution in [0, 0.1) is 0 Å². The summed E-state index contributed by atoms with van der Waals surface area (Å²) < 4.78 is 6.26. The minimum Gasteiger partial charge on any atom is -0.487 e. The van der Waals surface area contributed by atoms with E-state index in [-0.39, 0.29) is 23.8 Å². The highest BCUT2D eigenvalue weighted by molar-refractivity contribution is 5.99. The zero-order valence-corrected chi connectivity index (χ0v) is 22.2. The summed E-state index contributed by atoms with van der Waals surface area (Å²) >= 11 is 0. The van der Waals surface area contributed by atoms with Crippen LogP contribution in [0.4, 0.5) is 0 Å². The number of nitrogens with two attached hydrogens (primary N) is 1. The lowest BCUT2D eigenvalue weighted by molar-refractivity contribution is -0.131. The number of fused-ring (bicyclic) bond motifs is 5. The summed E-state index contributed by atoms with van der Waals surface area (Å²) in [5.41, 5.74) is 8.63. The Bertz CT molecular complexity index is 1260. The highest BCUT2D eigenvalue weighted by Gasteiger charge is 2.40. The molecule has 2 aromatic rings. The third-order valence-electron chi connectivity index (χ3n) is 8.02. The lowest BCUT2D eigenvalue weighted by atomic mass is 9.84. The van der Waals surface area contributed by atoms with Crippen molar-refractivity contribution in [3.8, 4) is 5.75 Å². The number of guanidine groups is 1. The van der Waals surface area contributed by atoms with Gasteiger partial charge in [-0.2, -0.15) is 0 Å². The fraction of sp³-hybridized carbons (Fsp3) is 0.517. The normalized spacial score (nSPS) is 27.5. The van der Waals surface area contributed by atoms with Gasteiger partial charge in [0.25, 0.3) is 5.91 Å². The van der Waals surface area contributed by atoms with Gasteiger partial charge in [-0.3, -0.25) is 14.5 Å². The minimum atomic E-state index is -0.474. The standard InChI is InChI=1S/C29H37N5O3/c1-5-29-14-7-6-9-19-12-13-24-20(15-19)23(16-28(3,4)37-24)32-26(36)22-11-8-10-21(31-22)18(2)34(25(35)17-29)27(30)33-29/h8,10-13,15,18,23H,5-7,9,14,16-17H2,1-4H3,(H2,30,33)(H,32,36)/t18-,23+,29-/m1/s1. The van der Waals surface area contributed by atoms with Crippen molar-refractivity contribution < 1.29 is 14.3 Å². The van der Waals surface area contributed by atoms with Crippen molar-refractivity contribution in [3.63, 3.8) is 0 Å². The first-order chi connectivity index (χ1) is 17.6. The smallest absolute Gasteiger partial charge is 0.270 e. The molecule has 8 nitrogen and oxygen atoms in total. The van der Waals surface area contributed by atoms with E-state index in [4.69, 9.17) is 15.5 Å². The summed E-state index contributed by atoms with van der Waals surface area (Å²) in [6.07, 6.45) is 5.36. The molecule has 4 aliphatic rings. The van der Waals surface area contributed by atoms with Gasteiger partial charge in [0.2, 0.25) is 5.91 Å². The van der Waals surface area contributed by atoms with E-state index in [1.54, 1.807) is 12.1 Å². The Morgan fingerprint density at radius 3 is 2.76 bits per heavy atom. The van der Waals surface area contributed by atoms with Gasteiger partial charge in [-0.1, -0.05) is 31.5 Å². The maximum Gasteiger partial charge on any atom is 0.270 e. The summed E-state index contributed by atoms with van der Waals surface area (Å²) in [5.74, 6) is 0.733. The Morgan fingerprint density at radius 2 is 2.00 bits per heavy atom. The van der Waals surface area contributed by atoms with E-state index in [1.165, 1.54) is 10.5 Å². The van der Waals surface area contributed by atoms with Crippen LogP contribution in [-0.4, -0.2) is 38.8 Å². The molecule has 1 aromatic carbocycles. The molecule has 0 saturated heterocycles. The highest BCUT2D eigenvalue weighted by atomic mass is 16.5. The number of rotatable bonds is 1. The van der Waals surface area contributed by atoms with Gasteiger partial charge in [-0.05, 0) is 70.2 Å². The van der Waals surface area contributed by atoms with E-state index in [1.807, 2.05) is 32.9 Å². The van der Waals surface area contributed by atoms with E-state index in [0.717, 1.165) is 43.4 Å². The van der Waals surface area contributed by atoms with Gasteiger partial charge in [0.05, 0.1) is 29.7 Å². The van der Waals surface area contributed by atoms with E-state index >= 15 is 0 Å². The van der Waals surface area contributed by atoms with Crippen LogP contribution >= 0.6 is 0 Å². The second-order valence-corrected chi connectivity index (χ2v) is 11.3. The number of ether oxygens (including phenoxy) is 1. The third-order valence-corrected chi connectivity index (χ3v) is 8.02. The topological polar surface area (TPSA) is 110 Å². The van der Waals surface area contributed by atoms with Crippen molar-refractivity contribution >= 4 is 17.8 Å². The molecule has 5 heterocycles. The molecule has 0 unspecified atom stereocenters. The Balaban J connectivity index is 1.56. The maximum atomic E-state index is 13.4. The predicted molar refractivity (Wildman–Crippen MR) is 142 cm³/mol. The van der Waals surface area contributed by atoms with Gasteiger partial charge in [-0.15, -0.1) is 0 Å². The maximum absolute atomic E-state index is 13.4. The summed E-state index contributed by atoms with van der Waals surface area (Å²) in [6.45, 7) is 8.03. The van der Waals surface area contributed by atoms with Crippen LogP contribution in [0.15, 0.2) is 41.4 Å². The van der Waals surface area contributed by atoms with Gasteiger partial charge < -0.3 is 15.8 Å². The Labute approximate surface area is 218 Å². The molecule has 196 valence electrons. The lowest BCUT2D eigenvalue weighted by Crippen LogP contribution is -2.52. The number of nitrogens with one attached hydrogen (secondary N) is 1. The molecule has 4 aliphatic heterocycles. The first-order valence-electron chi connectivity index (χ1n) is 13.4. The molecule has 6 bridgehead atoms. The molecule has 1 aromatic heterocycles. The fourth-order valence-electron chi connectivity index (χ4n) is 5.92. The Morgan fingerprint density at radius 1 is 1.19 bits per heavy atom. The van der Waals surface area contributed by atoms with Crippen LogP contribution in [0.2, 0.25) is 0 Å². The van der Waals surface area contributed by atoms with Crippen LogP contribution in [-0.2, 0) is 11.2 Å². The van der Waals surface area contributed by atoms with Gasteiger partial charge in [0, 0.05) is 12.0 Å². The van der Waals surface area contributed by atoms with Crippen LogP contribution in [0.3, 0.4) is 0 Å². The van der Waals surface area contributed by atoms with Crippen molar-refractivity contribution in [1.82, 2.24) is 15.2 Å². The second kappa shape index (κ2) is 9.47. The molecule has 0 aliphatic carbocycles. The van der Waals surface area contributed by atoms with E-state index in [2.05, 4.69) is 29.4 Å². The van der Waals surface area contributed by atoms with Crippen molar-refractivity contribution in [2.75, 3.05) is 0 Å².